The minimum atomic E-state index is 0.314. The monoisotopic (exact) mass is 368 g/mol. The van der Waals surface area contributed by atoms with Crippen molar-refractivity contribution < 1.29 is 4.74 Å². The van der Waals surface area contributed by atoms with Gasteiger partial charge in [0, 0.05) is 16.5 Å². The molecule has 0 aliphatic heterocycles. The van der Waals surface area contributed by atoms with Gasteiger partial charge in [-0.3, -0.25) is 0 Å². The molecule has 0 saturated carbocycles. The van der Waals surface area contributed by atoms with Gasteiger partial charge in [0.15, 0.2) is 5.65 Å². The maximum Gasteiger partial charge on any atom is 0.265 e. The molecule has 0 bridgehead atoms. The smallest absolute Gasteiger partial charge is 0.265 e. The number of benzene rings is 3. The predicted molar refractivity (Wildman–Crippen MR) is 111 cm³/mol. The molecule has 0 atom stereocenters. The third kappa shape index (κ3) is 2.69. The van der Waals surface area contributed by atoms with Crippen LogP contribution < -0.4 is 10.2 Å². The van der Waals surface area contributed by atoms with E-state index in [1.165, 1.54) is 0 Å². The van der Waals surface area contributed by atoms with Gasteiger partial charge < -0.3 is 9.72 Å². The number of fused-ring (bicyclic) bond motifs is 4. The van der Waals surface area contributed by atoms with Crippen molar-refractivity contribution in [2.75, 3.05) is 12.5 Å². The maximum absolute atomic E-state index is 5.48. The minimum Gasteiger partial charge on any atom is -0.496 e. The normalized spacial score (nSPS) is 11.6. The van der Waals surface area contributed by atoms with Crippen LogP contribution in [0, 0.1) is 0 Å². The van der Waals surface area contributed by atoms with Gasteiger partial charge in [-0.05, 0) is 22.9 Å². The highest BCUT2D eigenvalue weighted by Crippen LogP contribution is 2.26. The molecule has 0 aliphatic carbocycles. The lowest BCUT2D eigenvalue weighted by Gasteiger charge is -2.08. The number of para-hydroxylation sites is 1. The zero-order chi connectivity index (χ0) is 18.9. The van der Waals surface area contributed by atoms with E-state index in [1.54, 1.807) is 13.3 Å². The maximum atomic E-state index is 5.48. The minimum absolute atomic E-state index is 0.314. The van der Waals surface area contributed by atoms with E-state index in [2.05, 4.69) is 36.8 Å². The number of hydrazone groups is 1. The number of aromatic nitrogens is 4. The molecule has 2 aromatic heterocycles. The summed E-state index contributed by atoms with van der Waals surface area (Å²) in [6.45, 7) is 0. The summed E-state index contributed by atoms with van der Waals surface area (Å²) < 4.78 is 5.48. The Kier molecular flexibility index (Phi) is 3.83. The van der Waals surface area contributed by atoms with Crippen molar-refractivity contribution in [2.24, 2.45) is 5.10 Å². The van der Waals surface area contributed by atoms with Crippen molar-refractivity contribution in [3.8, 4) is 5.75 Å². The van der Waals surface area contributed by atoms with Crippen molar-refractivity contribution in [3.05, 3.63) is 66.2 Å². The van der Waals surface area contributed by atoms with Crippen molar-refractivity contribution in [1.82, 2.24) is 20.2 Å². The van der Waals surface area contributed by atoms with Gasteiger partial charge >= 0.3 is 0 Å². The summed E-state index contributed by atoms with van der Waals surface area (Å²) in [6.07, 6.45) is 1.71. The van der Waals surface area contributed by atoms with Gasteiger partial charge in [0.1, 0.15) is 11.3 Å². The molecule has 0 saturated heterocycles. The Balaban J connectivity index is 1.48. The van der Waals surface area contributed by atoms with Crippen LogP contribution in [0.3, 0.4) is 0 Å². The van der Waals surface area contributed by atoms with E-state index in [0.717, 1.165) is 38.5 Å². The van der Waals surface area contributed by atoms with Gasteiger partial charge in [-0.2, -0.15) is 10.1 Å². The lowest BCUT2D eigenvalue weighted by molar-refractivity contribution is 0.415. The van der Waals surface area contributed by atoms with Crippen molar-refractivity contribution in [2.45, 2.75) is 0 Å². The molecule has 2 N–H and O–H groups in total. The van der Waals surface area contributed by atoms with Crippen LogP contribution in [-0.2, 0) is 0 Å². The van der Waals surface area contributed by atoms with Gasteiger partial charge in [-0.25, -0.2) is 5.43 Å². The molecular weight excluding hydrogens is 352 g/mol. The van der Waals surface area contributed by atoms with Crippen LogP contribution in [0.1, 0.15) is 5.56 Å². The molecule has 0 amide bonds. The van der Waals surface area contributed by atoms with Gasteiger partial charge in [0.2, 0.25) is 0 Å². The summed E-state index contributed by atoms with van der Waals surface area (Å²) in [7, 11) is 1.64. The second-order valence-corrected chi connectivity index (χ2v) is 6.28. The van der Waals surface area contributed by atoms with E-state index in [0.29, 0.717) is 11.6 Å². The van der Waals surface area contributed by atoms with Crippen LogP contribution in [0.15, 0.2) is 65.8 Å². The first-order valence-corrected chi connectivity index (χ1v) is 8.79. The van der Waals surface area contributed by atoms with Crippen molar-refractivity contribution >= 4 is 45.0 Å². The molecule has 28 heavy (non-hydrogen) atoms. The topological polar surface area (TPSA) is 88.1 Å². The first-order chi connectivity index (χ1) is 13.8. The zero-order valence-corrected chi connectivity index (χ0v) is 15.0. The number of hydrogen-bond donors (Lipinski definition) is 2. The van der Waals surface area contributed by atoms with Crippen LogP contribution >= 0.6 is 0 Å². The Morgan fingerprint density at radius 1 is 0.964 bits per heavy atom. The summed E-state index contributed by atoms with van der Waals surface area (Å²) in [5, 5.41) is 15.9. The Morgan fingerprint density at radius 2 is 1.79 bits per heavy atom. The Labute approximate surface area is 160 Å². The molecule has 5 aromatic rings. The molecule has 7 nitrogen and oxygen atoms in total. The molecule has 5 rings (SSSR count). The van der Waals surface area contributed by atoms with Gasteiger partial charge in [-0.1, -0.05) is 48.5 Å². The molecular formula is C21H16N6O. The Morgan fingerprint density at radius 3 is 2.68 bits per heavy atom. The van der Waals surface area contributed by atoms with Crippen LogP contribution in [0.25, 0.3) is 32.8 Å². The SMILES string of the molecule is COc1ccc2ccccc2c1C=NNc1nnc2c(n1)[nH]c1ccccc12. The number of aromatic amines is 1. The second-order valence-electron chi connectivity index (χ2n) is 6.28. The summed E-state index contributed by atoms with van der Waals surface area (Å²) in [4.78, 5) is 7.71. The van der Waals surface area contributed by atoms with Crippen LogP contribution in [-0.4, -0.2) is 33.5 Å². The third-order valence-electron chi connectivity index (χ3n) is 4.63. The fraction of sp³-hybridized carbons (Fsp3) is 0.0476. The number of rotatable bonds is 4. The van der Waals surface area contributed by atoms with Crippen molar-refractivity contribution in [3.63, 3.8) is 0 Å². The molecule has 7 heteroatoms. The fourth-order valence-corrected chi connectivity index (χ4v) is 3.31. The summed E-state index contributed by atoms with van der Waals surface area (Å²) >= 11 is 0. The van der Waals surface area contributed by atoms with E-state index in [4.69, 9.17) is 4.74 Å². The number of ether oxygens (including phenoxy) is 1. The quantitative estimate of drug-likeness (QED) is 0.368. The highest BCUT2D eigenvalue weighted by atomic mass is 16.5. The van der Waals surface area contributed by atoms with Crippen molar-refractivity contribution in [1.29, 1.82) is 0 Å². The van der Waals surface area contributed by atoms with Crippen LogP contribution in [0.2, 0.25) is 0 Å². The third-order valence-corrected chi connectivity index (χ3v) is 4.63. The summed E-state index contributed by atoms with van der Waals surface area (Å²) in [5.41, 5.74) is 6.11. The van der Waals surface area contributed by atoms with E-state index in [9.17, 15) is 0 Å². The first-order valence-electron chi connectivity index (χ1n) is 8.79. The van der Waals surface area contributed by atoms with E-state index in [-0.39, 0.29) is 0 Å². The lowest BCUT2D eigenvalue weighted by Crippen LogP contribution is -2.00. The standard InChI is InChI=1S/C21H16N6O/c1-28-18-11-10-13-6-2-3-7-14(13)16(18)12-22-26-21-24-20-19(25-27-21)15-8-4-5-9-17(15)23-20/h2-12H,1H3,(H2,23,24,26,27). The van der Waals surface area contributed by atoms with Gasteiger partial charge in [0.25, 0.3) is 5.95 Å². The number of anilines is 1. The highest BCUT2D eigenvalue weighted by molar-refractivity contribution is 6.04. The van der Waals surface area contributed by atoms with E-state index in [1.807, 2.05) is 54.6 Å². The van der Waals surface area contributed by atoms with E-state index >= 15 is 0 Å². The molecule has 0 aliphatic rings. The molecule has 0 fully saturated rings. The molecule has 136 valence electrons. The Bertz CT molecular complexity index is 1340. The average molecular weight is 368 g/mol. The predicted octanol–water partition coefficient (Wildman–Crippen LogP) is 4.11. The molecule has 3 aromatic carbocycles. The number of nitrogens with zero attached hydrogens (tertiary/aromatic N) is 4. The van der Waals surface area contributed by atoms with Gasteiger partial charge in [0.05, 0.1) is 13.3 Å². The lowest BCUT2D eigenvalue weighted by atomic mass is 10.0. The summed E-state index contributed by atoms with van der Waals surface area (Å²) in [6, 6.07) is 19.9. The number of H-pyrrole nitrogens is 1. The average Bonchev–Trinajstić information content (AvgIpc) is 3.11. The van der Waals surface area contributed by atoms with Gasteiger partial charge in [-0.15, -0.1) is 10.2 Å². The zero-order valence-electron chi connectivity index (χ0n) is 15.0. The fourth-order valence-electron chi connectivity index (χ4n) is 3.31. The number of hydrogen-bond acceptors (Lipinski definition) is 6. The number of methoxy groups -OCH3 is 1. The first kappa shape index (κ1) is 16.2. The largest absolute Gasteiger partial charge is 0.496 e. The molecule has 0 unspecified atom stereocenters. The van der Waals surface area contributed by atoms with Crippen LogP contribution in [0.4, 0.5) is 5.95 Å². The molecule has 0 spiro atoms. The molecule has 2 heterocycles. The highest BCUT2D eigenvalue weighted by Gasteiger charge is 2.09. The number of nitrogens with one attached hydrogen (secondary N) is 2. The van der Waals surface area contributed by atoms with E-state index < -0.39 is 0 Å². The second kappa shape index (κ2) is 6.62. The summed E-state index contributed by atoms with van der Waals surface area (Å²) in [5.74, 6) is 1.06. The van der Waals surface area contributed by atoms with Crippen LogP contribution in [0.5, 0.6) is 5.75 Å². The molecule has 0 radical (unpaired) electrons. The Hall–Kier alpha value is -4.00.